The Morgan fingerprint density at radius 2 is 1.95 bits per heavy atom. The van der Waals surface area contributed by atoms with E-state index in [0.717, 1.165) is 28.3 Å². The Labute approximate surface area is 113 Å². The number of aryl methyl sites for hydroxylation is 1. The Balaban J connectivity index is 2.70. The van der Waals surface area contributed by atoms with Crippen molar-refractivity contribution in [2.75, 3.05) is 12.8 Å². The molecule has 4 nitrogen and oxygen atoms in total. The molecule has 0 atom stereocenters. The van der Waals surface area contributed by atoms with Gasteiger partial charge in [-0.05, 0) is 50.1 Å². The van der Waals surface area contributed by atoms with E-state index in [-0.39, 0.29) is 0 Å². The van der Waals surface area contributed by atoms with Crippen LogP contribution in [-0.4, -0.2) is 11.7 Å². The largest absolute Gasteiger partial charge is 0.497 e. The molecule has 0 radical (unpaired) electrons. The number of methoxy groups -OCH3 is 1. The van der Waals surface area contributed by atoms with Crippen LogP contribution >= 0.6 is 0 Å². The van der Waals surface area contributed by atoms with Crippen LogP contribution in [0.4, 0.5) is 11.5 Å². The van der Waals surface area contributed by atoms with E-state index in [1.807, 2.05) is 43.5 Å². The summed E-state index contributed by atoms with van der Waals surface area (Å²) in [5, 5.41) is 0. The molecule has 4 heteroatoms. The quantitative estimate of drug-likeness (QED) is 0.834. The van der Waals surface area contributed by atoms with Crippen molar-refractivity contribution in [2.24, 2.45) is 0 Å². The number of hydrogen-bond acceptors (Lipinski definition) is 2. The normalized spacial score (nSPS) is 10.3. The number of hydrogen-bond donors (Lipinski definition) is 1. The first-order valence-electron chi connectivity index (χ1n) is 6.01. The van der Waals surface area contributed by atoms with E-state index in [4.69, 9.17) is 17.0 Å². The standard InChI is InChI=1S/C15H17N3O/c1-9-8-12(19-5)6-7-13(9)18-11(3)10(2)14(17-4)15(18)16/h6-8H,16H2,1-3,5H3. The van der Waals surface area contributed by atoms with E-state index in [0.29, 0.717) is 11.5 Å². The smallest absolute Gasteiger partial charge is 0.230 e. The minimum Gasteiger partial charge on any atom is -0.497 e. The maximum Gasteiger partial charge on any atom is 0.230 e. The molecule has 0 spiro atoms. The van der Waals surface area contributed by atoms with Crippen molar-refractivity contribution < 1.29 is 4.74 Å². The molecule has 0 unspecified atom stereocenters. The van der Waals surface area contributed by atoms with Gasteiger partial charge in [-0.3, -0.25) is 0 Å². The minimum atomic E-state index is 0.498. The van der Waals surface area contributed by atoms with Gasteiger partial charge in [0.1, 0.15) is 11.6 Å². The van der Waals surface area contributed by atoms with Gasteiger partial charge >= 0.3 is 0 Å². The molecule has 0 saturated carbocycles. The fourth-order valence-corrected chi connectivity index (χ4v) is 2.28. The van der Waals surface area contributed by atoms with Crippen molar-refractivity contribution in [3.05, 3.63) is 46.4 Å². The van der Waals surface area contributed by atoms with Gasteiger partial charge in [0, 0.05) is 11.4 Å². The first-order valence-corrected chi connectivity index (χ1v) is 6.01. The molecular weight excluding hydrogens is 238 g/mol. The number of nitrogens with two attached hydrogens (primary N) is 1. The molecule has 0 aliphatic rings. The summed E-state index contributed by atoms with van der Waals surface area (Å²) in [4.78, 5) is 3.52. The summed E-state index contributed by atoms with van der Waals surface area (Å²) in [7, 11) is 1.64. The van der Waals surface area contributed by atoms with Crippen molar-refractivity contribution >= 4 is 11.5 Å². The van der Waals surface area contributed by atoms with Gasteiger partial charge in [-0.2, -0.15) is 0 Å². The molecule has 2 N–H and O–H groups in total. The number of nitrogen functional groups attached to an aromatic ring is 1. The summed E-state index contributed by atoms with van der Waals surface area (Å²) in [5.74, 6) is 1.31. The van der Waals surface area contributed by atoms with Crippen LogP contribution in [0.1, 0.15) is 16.8 Å². The van der Waals surface area contributed by atoms with Crippen LogP contribution in [0.15, 0.2) is 18.2 Å². The molecule has 19 heavy (non-hydrogen) atoms. The van der Waals surface area contributed by atoms with Gasteiger partial charge in [-0.1, -0.05) is 0 Å². The molecule has 98 valence electrons. The Kier molecular flexibility index (Phi) is 3.22. The van der Waals surface area contributed by atoms with Crippen LogP contribution in [0.3, 0.4) is 0 Å². The van der Waals surface area contributed by atoms with E-state index in [1.54, 1.807) is 7.11 Å². The summed E-state index contributed by atoms with van der Waals surface area (Å²) in [5.41, 5.74) is 10.6. The van der Waals surface area contributed by atoms with Crippen molar-refractivity contribution in [1.82, 2.24) is 4.57 Å². The van der Waals surface area contributed by atoms with Crippen LogP contribution in [0, 0.1) is 27.3 Å². The van der Waals surface area contributed by atoms with Gasteiger partial charge in [0.2, 0.25) is 5.69 Å². The molecule has 0 aliphatic heterocycles. The monoisotopic (exact) mass is 255 g/mol. The first kappa shape index (κ1) is 13.0. The molecule has 0 saturated heterocycles. The predicted molar refractivity (Wildman–Crippen MR) is 77.2 cm³/mol. The van der Waals surface area contributed by atoms with Crippen molar-refractivity contribution in [1.29, 1.82) is 0 Å². The second-order valence-electron chi connectivity index (χ2n) is 4.54. The zero-order valence-electron chi connectivity index (χ0n) is 11.6. The van der Waals surface area contributed by atoms with Crippen LogP contribution in [0.5, 0.6) is 5.75 Å². The van der Waals surface area contributed by atoms with Gasteiger partial charge < -0.3 is 15.0 Å². The molecule has 2 rings (SSSR count). The number of aromatic nitrogens is 1. The summed E-state index contributed by atoms with van der Waals surface area (Å²) in [6, 6.07) is 5.82. The number of benzene rings is 1. The second-order valence-corrected chi connectivity index (χ2v) is 4.54. The van der Waals surface area contributed by atoms with Gasteiger partial charge in [0.25, 0.3) is 0 Å². The summed E-state index contributed by atoms with van der Waals surface area (Å²) < 4.78 is 7.14. The molecule has 2 aromatic rings. The molecule has 1 heterocycles. The number of nitrogens with zero attached hydrogens (tertiary/aromatic N) is 2. The molecular formula is C15H17N3O. The zero-order valence-corrected chi connectivity index (χ0v) is 11.6. The van der Waals surface area contributed by atoms with Crippen LogP contribution in [0.2, 0.25) is 0 Å². The lowest BCUT2D eigenvalue weighted by Crippen LogP contribution is -2.04. The van der Waals surface area contributed by atoms with Gasteiger partial charge in [0.05, 0.1) is 13.7 Å². The molecule has 1 aromatic carbocycles. The van der Waals surface area contributed by atoms with Crippen molar-refractivity contribution in [2.45, 2.75) is 20.8 Å². The number of anilines is 1. The lowest BCUT2D eigenvalue weighted by molar-refractivity contribution is 0.414. The van der Waals surface area contributed by atoms with Crippen LogP contribution in [-0.2, 0) is 0 Å². The van der Waals surface area contributed by atoms with Crippen LogP contribution < -0.4 is 10.5 Å². The average Bonchev–Trinajstić information content (AvgIpc) is 2.61. The molecule has 0 aliphatic carbocycles. The van der Waals surface area contributed by atoms with E-state index in [2.05, 4.69) is 4.85 Å². The average molecular weight is 255 g/mol. The number of rotatable bonds is 2. The highest BCUT2D eigenvalue weighted by molar-refractivity contribution is 5.74. The topological polar surface area (TPSA) is 44.5 Å². The highest BCUT2D eigenvalue weighted by Gasteiger charge is 2.17. The Bertz CT molecular complexity index is 678. The van der Waals surface area contributed by atoms with Gasteiger partial charge in [-0.15, -0.1) is 0 Å². The third-order valence-corrected chi connectivity index (χ3v) is 3.47. The van der Waals surface area contributed by atoms with Gasteiger partial charge in [-0.25, -0.2) is 4.85 Å². The minimum absolute atomic E-state index is 0.498. The van der Waals surface area contributed by atoms with Crippen molar-refractivity contribution in [3.63, 3.8) is 0 Å². The molecule has 0 bridgehead atoms. The molecule has 0 amide bonds. The van der Waals surface area contributed by atoms with Crippen LogP contribution in [0.25, 0.3) is 10.5 Å². The molecule has 0 fully saturated rings. The Morgan fingerprint density at radius 1 is 1.26 bits per heavy atom. The third-order valence-electron chi connectivity index (χ3n) is 3.47. The summed E-state index contributed by atoms with van der Waals surface area (Å²) >= 11 is 0. The highest BCUT2D eigenvalue weighted by atomic mass is 16.5. The highest BCUT2D eigenvalue weighted by Crippen LogP contribution is 2.36. The van der Waals surface area contributed by atoms with E-state index in [1.165, 1.54) is 0 Å². The first-order chi connectivity index (χ1) is 9.01. The third kappa shape index (κ3) is 1.93. The van der Waals surface area contributed by atoms with E-state index in [9.17, 15) is 0 Å². The maximum atomic E-state index is 7.23. The lowest BCUT2D eigenvalue weighted by atomic mass is 10.2. The second kappa shape index (κ2) is 4.69. The summed E-state index contributed by atoms with van der Waals surface area (Å²) in [6.07, 6.45) is 0. The fourth-order valence-electron chi connectivity index (χ4n) is 2.28. The molecule has 1 aromatic heterocycles. The van der Waals surface area contributed by atoms with Gasteiger partial charge in [0.15, 0.2) is 0 Å². The number of ether oxygens (including phenoxy) is 1. The van der Waals surface area contributed by atoms with E-state index < -0.39 is 0 Å². The van der Waals surface area contributed by atoms with Crippen molar-refractivity contribution in [3.8, 4) is 11.4 Å². The Hall–Kier alpha value is -2.41. The zero-order chi connectivity index (χ0) is 14.2. The maximum absolute atomic E-state index is 7.23. The SMILES string of the molecule is [C-]#[N+]c1c(C)c(C)n(-c2ccc(OC)cc2C)c1N. The predicted octanol–water partition coefficient (Wildman–Crippen LogP) is 3.54. The fraction of sp³-hybridized carbons (Fsp3) is 0.267. The summed E-state index contributed by atoms with van der Waals surface area (Å²) in [6.45, 7) is 13.1. The lowest BCUT2D eigenvalue weighted by Gasteiger charge is -2.14. The van der Waals surface area contributed by atoms with E-state index >= 15 is 0 Å². The Morgan fingerprint density at radius 3 is 2.42 bits per heavy atom.